The summed E-state index contributed by atoms with van der Waals surface area (Å²) in [5, 5.41) is 0.182. The van der Waals surface area contributed by atoms with Crippen molar-refractivity contribution in [2.45, 2.75) is 6.04 Å². The molecular formula is C13H9BrClF2N. The van der Waals surface area contributed by atoms with Crippen LogP contribution in [0.4, 0.5) is 8.78 Å². The Morgan fingerprint density at radius 2 is 1.78 bits per heavy atom. The minimum atomic E-state index is -0.948. The summed E-state index contributed by atoms with van der Waals surface area (Å²) in [6.45, 7) is 0. The van der Waals surface area contributed by atoms with Gasteiger partial charge in [0.2, 0.25) is 0 Å². The van der Waals surface area contributed by atoms with Crippen LogP contribution in [0.25, 0.3) is 0 Å². The number of hydrogen-bond donors (Lipinski definition) is 1. The lowest BCUT2D eigenvalue weighted by molar-refractivity contribution is 0.572. The van der Waals surface area contributed by atoms with Gasteiger partial charge < -0.3 is 5.73 Å². The minimum absolute atomic E-state index is 0.0937. The first kappa shape index (κ1) is 13.5. The van der Waals surface area contributed by atoms with Crippen molar-refractivity contribution in [3.8, 4) is 0 Å². The van der Waals surface area contributed by atoms with Crippen LogP contribution < -0.4 is 5.73 Å². The Hall–Kier alpha value is -0.970. The van der Waals surface area contributed by atoms with Crippen LogP contribution in [0.1, 0.15) is 17.2 Å². The van der Waals surface area contributed by atoms with Crippen molar-refractivity contribution in [3.05, 3.63) is 68.7 Å². The molecule has 94 valence electrons. The van der Waals surface area contributed by atoms with Crippen LogP contribution in [-0.4, -0.2) is 0 Å². The molecule has 2 N–H and O–H groups in total. The average molecular weight is 333 g/mol. The highest BCUT2D eigenvalue weighted by Gasteiger charge is 2.20. The second kappa shape index (κ2) is 5.34. The van der Waals surface area contributed by atoms with Crippen LogP contribution in [0.3, 0.4) is 0 Å². The average Bonchev–Trinajstić information content (AvgIpc) is 2.32. The molecule has 0 radical (unpaired) electrons. The van der Waals surface area contributed by atoms with Gasteiger partial charge in [-0.3, -0.25) is 0 Å². The molecule has 0 aromatic heterocycles. The van der Waals surface area contributed by atoms with E-state index in [1.807, 2.05) is 0 Å². The fourth-order valence-electron chi connectivity index (χ4n) is 1.72. The van der Waals surface area contributed by atoms with E-state index in [1.54, 1.807) is 12.1 Å². The lowest BCUT2D eigenvalue weighted by atomic mass is 9.98. The van der Waals surface area contributed by atoms with Crippen molar-refractivity contribution in [1.82, 2.24) is 0 Å². The van der Waals surface area contributed by atoms with Crippen LogP contribution in [0.15, 0.2) is 40.9 Å². The molecule has 1 unspecified atom stereocenters. The van der Waals surface area contributed by atoms with E-state index in [-0.39, 0.29) is 20.6 Å². The third-order valence-electron chi connectivity index (χ3n) is 2.63. The lowest BCUT2D eigenvalue weighted by Gasteiger charge is -2.16. The summed E-state index contributed by atoms with van der Waals surface area (Å²) in [6, 6.07) is 7.99. The summed E-state index contributed by atoms with van der Waals surface area (Å²) in [4.78, 5) is 0. The highest BCUT2D eigenvalue weighted by molar-refractivity contribution is 9.10. The van der Waals surface area contributed by atoms with E-state index in [9.17, 15) is 8.78 Å². The predicted molar refractivity (Wildman–Crippen MR) is 71.5 cm³/mol. The van der Waals surface area contributed by atoms with Crippen LogP contribution in [-0.2, 0) is 0 Å². The largest absolute Gasteiger partial charge is 0.320 e. The molecule has 18 heavy (non-hydrogen) atoms. The molecule has 5 heteroatoms. The fraction of sp³-hybridized carbons (Fsp3) is 0.0769. The summed E-state index contributed by atoms with van der Waals surface area (Å²) in [5.74, 6) is -1.06. The van der Waals surface area contributed by atoms with Gasteiger partial charge in [-0.25, -0.2) is 8.78 Å². The Morgan fingerprint density at radius 1 is 1.11 bits per heavy atom. The maximum Gasteiger partial charge on any atom is 0.142 e. The van der Waals surface area contributed by atoms with Gasteiger partial charge in [0.05, 0.1) is 10.5 Å². The Balaban J connectivity index is 2.55. The molecule has 2 aromatic carbocycles. The van der Waals surface area contributed by atoms with Crippen molar-refractivity contribution in [1.29, 1.82) is 0 Å². The van der Waals surface area contributed by atoms with E-state index in [1.165, 1.54) is 24.3 Å². The van der Waals surface area contributed by atoms with Gasteiger partial charge in [0.1, 0.15) is 11.6 Å². The van der Waals surface area contributed by atoms with Gasteiger partial charge in [-0.05, 0) is 34.1 Å². The monoisotopic (exact) mass is 331 g/mol. The summed E-state index contributed by atoms with van der Waals surface area (Å²) in [6.07, 6.45) is 0. The van der Waals surface area contributed by atoms with E-state index in [0.717, 1.165) is 0 Å². The highest BCUT2D eigenvalue weighted by Crippen LogP contribution is 2.31. The first-order valence-electron chi connectivity index (χ1n) is 5.15. The Kier molecular flexibility index (Phi) is 4.00. The third kappa shape index (κ3) is 2.41. The molecule has 0 fully saturated rings. The van der Waals surface area contributed by atoms with Crippen molar-refractivity contribution >= 4 is 27.5 Å². The minimum Gasteiger partial charge on any atom is -0.320 e. The number of hydrogen-bond acceptors (Lipinski definition) is 1. The summed E-state index contributed by atoms with van der Waals surface area (Å²) in [7, 11) is 0. The van der Waals surface area contributed by atoms with Gasteiger partial charge in [0, 0.05) is 16.1 Å². The first-order valence-corrected chi connectivity index (χ1v) is 6.33. The molecule has 0 bridgehead atoms. The Bertz CT molecular complexity index is 569. The standard InChI is InChI=1S/C13H9BrClF2N/c14-8-4-1-3-7(12(8)17)13(18)11-9(15)5-2-6-10(11)16/h1-6,13H,18H2. The normalized spacial score (nSPS) is 12.5. The Labute approximate surface area is 117 Å². The van der Waals surface area contributed by atoms with Gasteiger partial charge >= 0.3 is 0 Å². The first-order chi connectivity index (χ1) is 8.52. The molecule has 0 saturated heterocycles. The number of halogens is 4. The van der Waals surface area contributed by atoms with Gasteiger partial charge in [0.25, 0.3) is 0 Å². The van der Waals surface area contributed by atoms with E-state index < -0.39 is 17.7 Å². The number of benzene rings is 2. The van der Waals surface area contributed by atoms with Crippen LogP contribution in [0.5, 0.6) is 0 Å². The van der Waals surface area contributed by atoms with Crippen molar-refractivity contribution in [2.75, 3.05) is 0 Å². The molecule has 0 aliphatic carbocycles. The second-order valence-electron chi connectivity index (χ2n) is 3.76. The number of rotatable bonds is 2. The van der Waals surface area contributed by atoms with Gasteiger partial charge in [-0.15, -0.1) is 0 Å². The molecule has 0 amide bonds. The van der Waals surface area contributed by atoms with E-state index in [2.05, 4.69) is 15.9 Å². The molecule has 0 aliphatic heterocycles. The molecule has 1 atom stereocenters. The summed E-state index contributed by atoms with van der Waals surface area (Å²) < 4.78 is 27.9. The molecule has 1 nitrogen and oxygen atoms in total. The zero-order valence-corrected chi connectivity index (χ0v) is 11.5. The van der Waals surface area contributed by atoms with E-state index in [4.69, 9.17) is 17.3 Å². The molecule has 0 saturated carbocycles. The van der Waals surface area contributed by atoms with Gasteiger partial charge in [-0.1, -0.05) is 29.8 Å². The van der Waals surface area contributed by atoms with Crippen molar-refractivity contribution in [2.24, 2.45) is 5.73 Å². The summed E-state index contributed by atoms with van der Waals surface area (Å²) in [5.41, 5.74) is 6.19. The Morgan fingerprint density at radius 3 is 2.44 bits per heavy atom. The predicted octanol–water partition coefficient (Wildman–Crippen LogP) is 4.43. The smallest absolute Gasteiger partial charge is 0.142 e. The molecule has 0 aliphatic rings. The van der Waals surface area contributed by atoms with Crippen molar-refractivity contribution < 1.29 is 8.78 Å². The molecular weight excluding hydrogens is 324 g/mol. The fourth-order valence-corrected chi connectivity index (χ4v) is 2.39. The molecule has 2 rings (SSSR count). The van der Waals surface area contributed by atoms with E-state index in [0.29, 0.717) is 0 Å². The topological polar surface area (TPSA) is 26.0 Å². The van der Waals surface area contributed by atoms with Crippen molar-refractivity contribution in [3.63, 3.8) is 0 Å². The van der Waals surface area contributed by atoms with Gasteiger partial charge in [0.15, 0.2) is 0 Å². The zero-order valence-electron chi connectivity index (χ0n) is 9.13. The molecule has 0 spiro atoms. The van der Waals surface area contributed by atoms with E-state index >= 15 is 0 Å². The molecule has 0 heterocycles. The maximum absolute atomic E-state index is 13.9. The zero-order chi connectivity index (χ0) is 13.3. The quantitative estimate of drug-likeness (QED) is 0.865. The lowest BCUT2D eigenvalue weighted by Crippen LogP contribution is -2.16. The van der Waals surface area contributed by atoms with Crippen LogP contribution in [0, 0.1) is 11.6 Å². The maximum atomic E-state index is 13.9. The SMILES string of the molecule is NC(c1cccc(Br)c1F)c1c(F)cccc1Cl. The van der Waals surface area contributed by atoms with Gasteiger partial charge in [-0.2, -0.15) is 0 Å². The number of nitrogens with two attached hydrogens (primary N) is 1. The van der Waals surface area contributed by atoms with Crippen LogP contribution in [0.2, 0.25) is 5.02 Å². The highest BCUT2D eigenvalue weighted by atomic mass is 79.9. The third-order valence-corrected chi connectivity index (χ3v) is 3.57. The van der Waals surface area contributed by atoms with Crippen LogP contribution >= 0.6 is 27.5 Å². The summed E-state index contributed by atoms with van der Waals surface area (Å²) >= 11 is 8.98. The second-order valence-corrected chi connectivity index (χ2v) is 5.02. The molecule has 2 aromatic rings.